The molecule has 2 rings (SSSR count). The maximum Gasteiger partial charge on any atom is 0.305 e. The smallest absolute Gasteiger partial charge is 0.305 e. The quantitative estimate of drug-likeness (QED) is 0.826. The molecule has 1 aromatic heterocycles. The molecule has 5 nitrogen and oxygen atoms in total. The van der Waals surface area contributed by atoms with Gasteiger partial charge in [-0.2, -0.15) is 0 Å². The number of rotatable bonds is 3. The van der Waals surface area contributed by atoms with E-state index in [0.29, 0.717) is 0 Å². The fourth-order valence-electron chi connectivity index (χ4n) is 2.13. The zero-order valence-corrected chi connectivity index (χ0v) is 8.96. The number of aromatic nitrogens is 2. The molecule has 0 bridgehead atoms. The van der Waals surface area contributed by atoms with Crippen LogP contribution in [0, 0.1) is 6.33 Å². The van der Waals surface area contributed by atoms with Crippen molar-refractivity contribution in [3.05, 3.63) is 18.6 Å². The van der Waals surface area contributed by atoms with Crippen LogP contribution in [-0.4, -0.2) is 33.6 Å². The van der Waals surface area contributed by atoms with Crippen molar-refractivity contribution in [2.75, 3.05) is 11.4 Å². The molecule has 1 aliphatic rings. The number of carboxylic acids is 1. The number of carboxylic acid groups (broad SMARTS) is 1. The Labute approximate surface area is 94.1 Å². The third-order valence-corrected chi connectivity index (χ3v) is 2.85. The van der Waals surface area contributed by atoms with E-state index in [9.17, 15) is 4.79 Å². The molecule has 1 aliphatic heterocycles. The van der Waals surface area contributed by atoms with Crippen molar-refractivity contribution in [3.8, 4) is 0 Å². The molecule has 0 saturated carbocycles. The maximum atomic E-state index is 10.8. The third-order valence-electron chi connectivity index (χ3n) is 2.85. The zero-order valence-electron chi connectivity index (χ0n) is 8.96. The predicted octanol–water partition coefficient (Wildman–Crippen LogP) is 1.11. The van der Waals surface area contributed by atoms with Crippen LogP contribution in [0.2, 0.25) is 0 Å². The first kappa shape index (κ1) is 10.9. The Kier molecular flexibility index (Phi) is 3.34. The third kappa shape index (κ3) is 2.48. The van der Waals surface area contributed by atoms with E-state index in [2.05, 4.69) is 21.2 Å². The molecule has 1 atom stereocenters. The van der Waals surface area contributed by atoms with Gasteiger partial charge in [0.2, 0.25) is 0 Å². The van der Waals surface area contributed by atoms with Crippen LogP contribution in [0.4, 0.5) is 5.82 Å². The first-order valence-electron chi connectivity index (χ1n) is 5.45. The Balaban J connectivity index is 2.13. The van der Waals surface area contributed by atoms with Gasteiger partial charge in [-0.3, -0.25) is 4.79 Å². The first-order valence-corrected chi connectivity index (χ1v) is 5.45. The Morgan fingerprint density at radius 1 is 1.62 bits per heavy atom. The van der Waals surface area contributed by atoms with Gasteiger partial charge in [0.15, 0.2) is 6.33 Å². The molecule has 1 aromatic rings. The fraction of sp³-hybridized carbons (Fsp3) is 0.545. The van der Waals surface area contributed by atoms with E-state index in [1.54, 1.807) is 12.3 Å². The van der Waals surface area contributed by atoms with Crippen LogP contribution in [-0.2, 0) is 4.79 Å². The molecule has 2 heterocycles. The molecule has 1 fully saturated rings. The van der Waals surface area contributed by atoms with E-state index < -0.39 is 5.97 Å². The van der Waals surface area contributed by atoms with E-state index in [1.807, 2.05) is 0 Å². The minimum absolute atomic E-state index is 0.0505. The summed E-state index contributed by atoms with van der Waals surface area (Å²) in [6.45, 7) is 0.864. The first-order chi connectivity index (χ1) is 7.77. The van der Waals surface area contributed by atoms with Gasteiger partial charge in [0, 0.05) is 18.8 Å². The second kappa shape index (κ2) is 4.92. The lowest BCUT2D eigenvalue weighted by Gasteiger charge is -2.35. The van der Waals surface area contributed by atoms with Crippen LogP contribution in [0.15, 0.2) is 12.3 Å². The minimum atomic E-state index is -0.755. The normalized spacial score (nSPS) is 20.8. The summed E-state index contributed by atoms with van der Waals surface area (Å²) >= 11 is 0. The summed E-state index contributed by atoms with van der Waals surface area (Å²) in [6.07, 6.45) is 7.43. The average Bonchev–Trinajstić information content (AvgIpc) is 2.30. The number of piperidine rings is 1. The van der Waals surface area contributed by atoms with Crippen molar-refractivity contribution in [2.45, 2.75) is 31.7 Å². The molecule has 85 valence electrons. The molecule has 5 heteroatoms. The summed E-state index contributed by atoms with van der Waals surface area (Å²) in [4.78, 5) is 20.6. The standard InChI is InChI=1S/C11H14N3O2/c15-11(16)7-9-3-1-2-6-14(9)10-4-5-12-8-13-10/h4-5,9H,1-3,6-7H2,(H,15,16). The van der Waals surface area contributed by atoms with E-state index in [1.165, 1.54) is 0 Å². The van der Waals surface area contributed by atoms with Gasteiger partial charge in [0.05, 0.1) is 6.42 Å². The van der Waals surface area contributed by atoms with E-state index >= 15 is 0 Å². The lowest BCUT2D eigenvalue weighted by Crippen LogP contribution is -2.41. The second-order valence-electron chi connectivity index (χ2n) is 3.96. The summed E-state index contributed by atoms with van der Waals surface area (Å²) in [5.41, 5.74) is 0. The van der Waals surface area contributed by atoms with Gasteiger partial charge in [-0.15, -0.1) is 0 Å². The minimum Gasteiger partial charge on any atom is -0.481 e. The molecular weight excluding hydrogens is 206 g/mol. The van der Waals surface area contributed by atoms with Crippen LogP contribution < -0.4 is 4.90 Å². The number of anilines is 1. The number of carbonyl (C=O) groups is 1. The molecule has 1 saturated heterocycles. The topological polar surface area (TPSA) is 66.3 Å². The number of hydrogen-bond acceptors (Lipinski definition) is 4. The number of nitrogens with zero attached hydrogens (tertiary/aromatic N) is 3. The highest BCUT2D eigenvalue weighted by molar-refractivity contribution is 5.68. The highest BCUT2D eigenvalue weighted by atomic mass is 16.4. The summed E-state index contributed by atoms with van der Waals surface area (Å²) < 4.78 is 0. The number of hydrogen-bond donors (Lipinski definition) is 1. The Bertz CT molecular complexity index is 356. The molecule has 16 heavy (non-hydrogen) atoms. The van der Waals surface area contributed by atoms with E-state index in [4.69, 9.17) is 5.11 Å². The van der Waals surface area contributed by atoms with Gasteiger partial charge in [-0.05, 0) is 25.3 Å². The summed E-state index contributed by atoms with van der Waals surface area (Å²) in [5, 5.41) is 8.86. The zero-order chi connectivity index (χ0) is 11.4. The van der Waals surface area contributed by atoms with Crippen molar-refractivity contribution in [3.63, 3.8) is 0 Å². The molecule has 0 aliphatic carbocycles. The van der Waals surface area contributed by atoms with Gasteiger partial charge >= 0.3 is 5.97 Å². The van der Waals surface area contributed by atoms with E-state index in [-0.39, 0.29) is 12.5 Å². The van der Waals surface area contributed by atoms with Crippen molar-refractivity contribution < 1.29 is 9.90 Å². The van der Waals surface area contributed by atoms with Gasteiger partial charge in [-0.1, -0.05) is 0 Å². The monoisotopic (exact) mass is 220 g/mol. The fourth-order valence-corrected chi connectivity index (χ4v) is 2.13. The van der Waals surface area contributed by atoms with Gasteiger partial charge in [0.25, 0.3) is 0 Å². The average molecular weight is 220 g/mol. The molecule has 0 spiro atoms. The van der Waals surface area contributed by atoms with E-state index in [0.717, 1.165) is 31.6 Å². The largest absolute Gasteiger partial charge is 0.481 e. The van der Waals surface area contributed by atoms with Crippen molar-refractivity contribution >= 4 is 11.8 Å². The van der Waals surface area contributed by atoms with Gasteiger partial charge in [0.1, 0.15) is 5.82 Å². The SMILES string of the molecule is O=C(O)CC1CCCCN1c1ccn[c]n1. The van der Waals surface area contributed by atoms with Crippen LogP contribution in [0.1, 0.15) is 25.7 Å². The number of aliphatic carboxylic acids is 1. The molecule has 0 aromatic carbocycles. The highest BCUT2D eigenvalue weighted by Crippen LogP contribution is 2.24. The highest BCUT2D eigenvalue weighted by Gasteiger charge is 2.25. The molecule has 0 amide bonds. The lowest BCUT2D eigenvalue weighted by molar-refractivity contribution is -0.137. The summed E-state index contributed by atoms with van der Waals surface area (Å²) in [7, 11) is 0. The summed E-state index contributed by atoms with van der Waals surface area (Å²) in [5.74, 6) is 0.0240. The van der Waals surface area contributed by atoms with Gasteiger partial charge in [-0.25, -0.2) is 9.97 Å². The predicted molar refractivity (Wildman–Crippen MR) is 58.1 cm³/mol. The lowest BCUT2D eigenvalue weighted by atomic mass is 9.99. The Morgan fingerprint density at radius 3 is 3.19 bits per heavy atom. The maximum absolute atomic E-state index is 10.8. The summed E-state index contributed by atoms with van der Waals surface area (Å²) in [6, 6.07) is 1.85. The van der Waals surface area contributed by atoms with Crippen molar-refractivity contribution in [1.82, 2.24) is 9.97 Å². The molecule has 1 radical (unpaired) electrons. The van der Waals surface area contributed by atoms with Gasteiger partial charge < -0.3 is 10.0 Å². The second-order valence-corrected chi connectivity index (χ2v) is 3.96. The van der Waals surface area contributed by atoms with Crippen LogP contribution in [0.3, 0.4) is 0 Å². The van der Waals surface area contributed by atoms with Crippen LogP contribution in [0.5, 0.6) is 0 Å². The van der Waals surface area contributed by atoms with Crippen molar-refractivity contribution in [2.24, 2.45) is 0 Å². The van der Waals surface area contributed by atoms with Crippen molar-refractivity contribution in [1.29, 1.82) is 0 Å². The van der Waals surface area contributed by atoms with Crippen LogP contribution in [0.25, 0.3) is 0 Å². The molecule has 1 unspecified atom stereocenters. The molecule has 1 N–H and O–H groups in total. The molecular formula is C11H14N3O2. The Morgan fingerprint density at radius 2 is 2.50 bits per heavy atom. The van der Waals surface area contributed by atoms with Crippen LogP contribution >= 0.6 is 0 Å². The Hall–Kier alpha value is -1.65.